The molecule has 0 aliphatic rings. The lowest BCUT2D eigenvalue weighted by molar-refractivity contribution is -0.130. The number of methoxy groups -OCH3 is 1. The van der Waals surface area contributed by atoms with Crippen LogP contribution in [0.15, 0.2) is 40.2 Å². The standard InChI is InChI=1S/C18H19BrN4O2S2/c1-22(11-14-7-8-15(19)27-14)16(24)9-10-23-17(20-21-18(23)26)12-3-5-13(25-2)6-4-12/h3-8H,9-11H2,1-2H3,(H,21,26). The van der Waals surface area contributed by atoms with Gasteiger partial charge in [-0.25, -0.2) is 0 Å². The predicted molar refractivity (Wildman–Crippen MR) is 113 cm³/mol. The average molecular weight is 467 g/mol. The summed E-state index contributed by atoms with van der Waals surface area (Å²) in [5, 5.41) is 7.13. The second kappa shape index (κ2) is 8.81. The monoisotopic (exact) mass is 466 g/mol. The van der Waals surface area contributed by atoms with Gasteiger partial charge in [0.1, 0.15) is 5.75 Å². The normalized spacial score (nSPS) is 10.8. The van der Waals surface area contributed by atoms with Crippen molar-refractivity contribution in [2.45, 2.75) is 19.5 Å². The number of thiophene rings is 1. The third-order valence-corrected chi connectivity index (χ3v) is 6.02. The van der Waals surface area contributed by atoms with Gasteiger partial charge in [0.05, 0.1) is 17.4 Å². The Labute approximate surface area is 174 Å². The molecule has 2 heterocycles. The van der Waals surface area contributed by atoms with Crippen molar-refractivity contribution < 1.29 is 9.53 Å². The van der Waals surface area contributed by atoms with Crippen molar-refractivity contribution in [3.8, 4) is 17.1 Å². The molecule has 0 spiro atoms. The number of benzene rings is 1. The van der Waals surface area contributed by atoms with Crippen LogP contribution in [0.3, 0.4) is 0 Å². The van der Waals surface area contributed by atoms with E-state index in [9.17, 15) is 4.79 Å². The van der Waals surface area contributed by atoms with Gasteiger partial charge in [0.15, 0.2) is 10.6 Å². The zero-order valence-electron chi connectivity index (χ0n) is 14.9. The van der Waals surface area contributed by atoms with Gasteiger partial charge in [-0.1, -0.05) is 0 Å². The van der Waals surface area contributed by atoms with E-state index < -0.39 is 0 Å². The molecule has 0 radical (unpaired) electrons. The topological polar surface area (TPSA) is 63.1 Å². The second-order valence-electron chi connectivity index (χ2n) is 5.94. The number of hydrogen-bond acceptors (Lipinski definition) is 5. The Hall–Kier alpha value is -1.97. The van der Waals surface area contributed by atoms with Crippen molar-refractivity contribution in [2.75, 3.05) is 14.2 Å². The van der Waals surface area contributed by atoms with Crippen molar-refractivity contribution in [2.24, 2.45) is 0 Å². The number of ether oxygens (including phenoxy) is 1. The molecule has 1 amide bonds. The van der Waals surface area contributed by atoms with Crippen LogP contribution in [0.1, 0.15) is 11.3 Å². The smallest absolute Gasteiger partial charge is 0.224 e. The van der Waals surface area contributed by atoms with E-state index in [-0.39, 0.29) is 5.91 Å². The molecule has 27 heavy (non-hydrogen) atoms. The summed E-state index contributed by atoms with van der Waals surface area (Å²) in [7, 11) is 3.44. The van der Waals surface area contributed by atoms with Crippen molar-refractivity contribution in [3.63, 3.8) is 0 Å². The third kappa shape index (κ3) is 4.85. The summed E-state index contributed by atoms with van der Waals surface area (Å²) in [5.74, 6) is 1.54. The summed E-state index contributed by atoms with van der Waals surface area (Å²) in [4.78, 5) is 15.4. The molecule has 0 fully saturated rings. The first-order valence-corrected chi connectivity index (χ1v) is 10.3. The van der Waals surface area contributed by atoms with E-state index in [1.165, 1.54) is 0 Å². The summed E-state index contributed by atoms with van der Waals surface area (Å²) < 4.78 is 8.60. The van der Waals surface area contributed by atoms with E-state index in [1.807, 2.05) is 48.0 Å². The van der Waals surface area contributed by atoms with E-state index in [0.29, 0.717) is 30.1 Å². The van der Waals surface area contributed by atoms with Gasteiger partial charge in [0.2, 0.25) is 5.91 Å². The van der Waals surface area contributed by atoms with Crippen LogP contribution < -0.4 is 4.74 Å². The number of hydrogen-bond donors (Lipinski definition) is 1. The minimum Gasteiger partial charge on any atom is -0.497 e. The third-order valence-electron chi connectivity index (χ3n) is 4.10. The zero-order valence-corrected chi connectivity index (χ0v) is 18.2. The highest BCUT2D eigenvalue weighted by atomic mass is 79.9. The molecule has 1 aromatic carbocycles. The number of halogens is 1. The number of aromatic amines is 1. The van der Waals surface area contributed by atoms with Crippen molar-refractivity contribution >= 4 is 45.4 Å². The molecule has 142 valence electrons. The fraction of sp³-hybridized carbons (Fsp3) is 0.278. The molecule has 6 nitrogen and oxygen atoms in total. The lowest BCUT2D eigenvalue weighted by Gasteiger charge is -2.16. The first-order chi connectivity index (χ1) is 13.0. The Bertz CT molecular complexity index is 978. The van der Waals surface area contributed by atoms with Crippen LogP contribution >= 0.6 is 39.5 Å². The molecular formula is C18H19BrN4O2S2. The number of nitrogens with one attached hydrogen (secondary N) is 1. The average Bonchev–Trinajstić information content (AvgIpc) is 3.25. The molecule has 3 rings (SSSR count). The second-order valence-corrected chi connectivity index (χ2v) is 8.87. The molecule has 0 saturated carbocycles. The first-order valence-electron chi connectivity index (χ1n) is 8.25. The van der Waals surface area contributed by atoms with Crippen LogP contribution in [0.2, 0.25) is 0 Å². The Balaban J connectivity index is 1.67. The Morgan fingerprint density at radius 2 is 2.07 bits per heavy atom. The maximum atomic E-state index is 12.5. The Morgan fingerprint density at radius 3 is 2.70 bits per heavy atom. The summed E-state index contributed by atoms with van der Waals surface area (Å²) in [6.07, 6.45) is 0.347. The Kier molecular flexibility index (Phi) is 6.46. The number of rotatable bonds is 7. The van der Waals surface area contributed by atoms with Crippen LogP contribution in [-0.2, 0) is 17.9 Å². The van der Waals surface area contributed by atoms with Gasteiger partial charge < -0.3 is 9.64 Å². The number of nitrogens with zero attached hydrogens (tertiary/aromatic N) is 3. The van der Waals surface area contributed by atoms with Crippen molar-refractivity contribution in [1.29, 1.82) is 0 Å². The van der Waals surface area contributed by atoms with Crippen LogP contribution in [0.5, 0.6) is 5.75 Å². The molecule has 0 unspecified atom stereocenters. The largest absolute Gasteiger partial charge is 0.497 e. The van der Waals surface area contributed by atoms with Gasteiger partial charge in [-0.15, -0.1) is 11.3 Å². The molecule has 0 aliphatic heterocycles. The molecule has 0 aliphatic carbocycles. The van der Waals surface area contributed by atoms with Crippen LogP contribution in [0, 0.1) is 4.77 Å². The van der Waals surface area contributed by atoms with Crippen LogP contribution in [0.4, 0.5) is 0 Å². The van der Waals surface area contributed by atoms with Crippen molar-refractivity contribution in [1.82, 2.24) is 19.7 Å². The highest BCUT2D eigenvalue weighted by Crippen LogP contribution is 2.24. The molecule has 0 saturated heterocycles. The van der Waals surface area contributed by atoms with Crippen LogP contribution in [0.25, 0.3) is 11.4 Å². The molecule has 1 N–H and O–H groups in total. The minimum atomic E-state index is 0.0586. The van der Waals surface area contributed by atoms with E-state index in [0.717, 1.165) is 20.0 Å². The summed E-state index contributed by atoms with van der Waals surface area (Å²) in [6.45, 7) is 1.06. The van der Waals surface area contributed by atoms with Gasteiger partial charge >= 0.3 is 0 Å². The van der Waals surface area contributed by atoms with E-state index >= 15 is 0 Å². The molecule has 0 bridgehead atoms. The SMILES string of the molecule is COc1ccc(-c2n[nH]c(=S)n2CCC(=O)N(C)Cc2ccc(Br)s2)cc1. The maximum Gasteiger partial charge on any atom is 0.224 e. The van der Waals surface area contributed by atoms with Gasteiger partial charge in [-0.3, -0.25) is 14.5 Å². The number of carbonyl (C=O) groups excluding carboxylic acids is 1. The number of carbonyl (C=O) groups is 1. The van der Waals surface area contributed by atoms with E-state index in [1.54, 1.807) is 23.3 Å². The fourth-order valence-electron chi connectivity index (χ4n) is 2.64. The number of amides is 1. The molecule has 9 heteroatoms. The zero-order chi connectivity index (χ0) is 19.4. The molecule has 0 atom stereocenters. The predicted octanol–water partition coefficient (Wildman–Crippen LogP) is 4.49. The maximum absolute atomic E-state index is 12.5. The highest BCUT2D eigenvalue weighted by molar-refractivity contribution is 9.11. The fourth-order valence-corrected chi connectivity index (χ4v) is 4.40. The van der Waals surface area contributed by atoms with Crippen LogP contribution in [-0.4, -0.2) is 39.7 Å². The first kappa shape index (κ1) is 19.8. The lowest BCUT2D eigenvalue weighted by Crippen LogP contribution is -2.26. The van der Waals surface area contributed by atoms with Gasteiger partial charge in [0, 0.05) is 30.5 Å². The lowest BCUT2D eigenvalue weighted by atomic mass is 10.2. The summed E-state index contributed by atoms with van der Waals surface area (Å²) in [6, 6.07) is 11.6. The number of H-pyrrole nitrogens is 1. The quantitative estimate of drug-likeness (QED) is 0.521. The van der Waals surface area contributed by atoms with Crippen molar-refractivity contribution in [3.05, 3.63) is 49.8 Å². The van der Waals surface area contributed by atoms with E-state index in [4.69, 9.17) is 17.0 Å². The molecular weight excluding hydrogens is 448 g/mol. The minimum absolute atomic E-state index is 0.0586. The number of aromatic nitrogens is 3. The summed E-state index contributed by atoms with van der Waals surface area (Å²) in [5.41, 5.74) is 0.910. The Morgan fingerprint density at radius 1 is 1.33 bits per heavy atom. The van der Waals surface area contributed by atoms with Gasteiger partial charge in [0.25, 0.3) is 0 Å². The highest BCUT2D eigenvalue weighted by Gasteiger charge is 2.14. The molecule has 3 aromatic rings. The van der Waals surface area contributed by atoms with Gasteiger partial charge in [-0.05, 0) is 64.5 Å². The summed E-state index contributed by atoms with van der Waals surface area (Å²) >= 11 is 10.4. The van der Waals surface area contributed by atoms with Gasteiger partial charge in [-0.2, -0.15) is 5.10 Å². The molecule has 2 aromatic heterocycles. The van der Waals surface area contributed by atoms with E-state index in [2.05, 4.69) is 26.1 Å².